The molecule has 0 saturated heterocycles. The number of rotatable bonds is 8. The minimum atomic E-state index is -3.51. The van der Waals surface area contributed by atoms with Gasteiger partial charge in [-0.1, -0.05) is 6.07 Å². The topological polar surface area (TPSA) is 65.5 Å². The maximum Gasteiger partial charge on any atom is 0.264 e. The zero-order valence-corrected chi connectivity index (χ0v) is 13.2. The van der Waals surface area contributed by atoms with Crippen molar-refractivity contribution in [3.8, 4) is 0 Å². The molecule has 5 nitrogen and oxygen atoms in total. The number of ether oxygens (including phenoxy) is 1. The summed E-state index contributed by atoms with van der Waals surface area (Å²) in [5.74, 6) is 0. The zero-order chi connectivity index (χ0) is 15.0. The quantitative estimate of drug-likeness (QED) is 0.417. The van der Waals surface area contributed by atoms with Crippen molar-refractivity contribution in [1.29, 1.82) is 0 Å². The lowest BCUT2D eigenvalue weighted by atomic mass is 10.1. The monoisotopic (exact) mass is 317 g/mol. The molecule has 0 bridgehead atoms. The molecule has 1 aromatic rings. The highest BCUT2D eigenvalue weighted by Crippen LogP contribution is 2.24. The predicted octanol–water partition coefficient (Wildman–Crippen LogP) is 2.63. The summed E-state index contributed by atoms with van der Waals surface area (Å²) in [4.78, 5) is 3.99. The highest BCUT2D eigenvalue weighted by atomic mass is 32.2. The van der Waals surface area contributed by atoms with Crippen LogP contribution in [0, 0.1) is 0 Å². The summed E-state index contributed by atoms with van der Waals surface area (Å²) in [6, 6.07) is 3.56. The molecule has 0 aromatic carbocycles. The van der Waals surface area contributed by atoms with Crippen molar-refractivity contribution in [2.75, 3.05) is 12.9 Å². The lowest BCUT2D eigenvalue weighted by Crippen LogP contribution is -2.11. The Morgan fingerprint density at radius 1 is 1.45 bits per heavy atom. The summed E-state index contributed by atoms with van der Waals surface area (Å²) >= 11 is 4.81. The van der Waals surface area contributed by atoms with Crippen LogP contribution in [0.4, 0.5) is 0 Å². The van der Waals surface area contributed by atoms with Gasteiger partial charge in [0, 0.05) is 24.9 Å². The van der Waals surface area contributed by atoms with E-state index in [-0.39, 0.29) is 0 Å². The van der Waals surface area contributed by atoms with Crippen molar-refractivity contribution in [3.05, 3.63) is 30.1 Å². The first-order valence-corrected chi connectivity index (χ1v) is 8.52. The van der Waals surface area contributed by atoms with Crippen LogP contribution in [-0.2, 0) is 19.0 Å². The molecule has 0 radical (unpaired) electrons. The molecule has 1 aromatic heterocycles. The lowest BCUT2D eigenvalue weighted by molar-refractivity contribution is 0.195. The van der Waals surface area contributed by atoms with E-state index in [1.165, 1.54) is 0 Å². The van der Waals surface area contributed by atoms with Gasteiger partial charge in [-0.15, -0.1) is 0 Å². The Balaban J connectivity index is 2.54. The third-order valence-electron chi connectivity index (χ3n) is 2.51. The number of aromatic nitrogens is 1. The summed E-state index contributed by atoms with van der Waals surface area (Å²) in [5, 5.41) is 0.515. The summed E-state index contributed by atoms with van der Waals surface area (Å²) in [6.07, 6.45) is 5.94. The molecule has 0 N–H and O–H groups in total. The number of thiocarbonyl (C=S) groups is 1. The van der Waals surface area contributed by atoms with Crippen molar-refractivity contribution >= 4 is 27.4 Å². The van der Waals surface area contributed by atoms with Crippen LogP contribution in [0.5, 0.6) is 0 Å². The Kier molecular flexibility index (Phi) is 7.04. The zero-order valence-electron chi connectivity index (χ0n) is 11.6. The largest absolute Gasteiger partial charge is 0.487 e. The summed E-state index contributed by atoms with van der Waals surface area (Å²) in [7, 11) is -3.51. The summed E-state index contributed by atoms with van der Waals surface area (Å²) in [5.41, 5.74) is 0.754. The van der Waals surface area contributed by atoms with Gasteiger partial charge >= 0.3 is 0 Å². The Labute approximate surface area is 125 Å². The Bertz CT molecular complexity index is 516. The molecule has 1 heterocycles. The van der Waals surface area contributed by atoms with Gasteiger partial charge in [0.15, 0.2) is 5.05 Å². The van der Waals surface area contributed by atoms with Crippen molar-refractivity contribution in [3.63, 3.8) is 0 Å². The molecule has 112 valence electrons. The molecular formula is C13H19NO4S2. The Morgan fingerprint density at radius 3 is 2.75 bits per heavy atom. The molecule has 0 saturated carbocycles. The van der Waals surface area contributed by atoms with Crippen molar-refractivity contribution in [2.24, 2.45) is 0 Å². The average Bonchev–Trinajstić information content (AvgIpc) is 2.36. The molecule has 1 atom stereocenters. The summed E-state index contributed by atoms with van der Waals surface area (Å²) < 4.78 is 32.9. The third-order valence-corrected chi connectivity index (χ3v) is 3.21. The second-order valence-corrected chi connectivity index (χ2v) is 6.59. The van der Waals surface area contributed by atoms with Gasteiger partial charge in [-0.25, -0.2) is 0 Å². The number of hydrogen-bond acceptors (Lipinski definition) is 6. The van der Waals surface area contributed by atoms with Crippen LogP contribution < -0.4 is 0 Å². The number of unbranched alkanes of at least 4 members (excludes halogenated alkanes) is 1. The van der Waals surface area contributed by atoms with E-state index in [0.29, 0.717) is 18.1 Å². The van der Waals surface area contributed by atoms with Crippen LogP contribution in [0.2, 0.25) is 0 Å². The average molecular weight is 317 g/mol. The first-order valence-electron chi connectivity index (χ1n) is 6.30. The molecule has 0 aliphatic carbocycles. The molecule has 0 aliphatic rings. The molecule has 0 amide bonds. The van der Waals surface area contributed by atoms with Gasteiger partial charge in [0.05, 0.1) is 12.9 Å². The normalized spacial score (nSPS) is 12.9. The maximum absolute atomic E-state index is 11.3. The van der Waals surface area contributed by atoms with Crippen LogP contribution in [-0.4, -0.2) is 31.3 Å². The third kappa shape index (κ3) is 7.52. The molecule has 7 heteroatoms. The molecule has 0 aliphatic heterocycles. The van der Waals surface area contributed by atoms with Crippen LogP contribution in [0.3, 0.4) is 0 Å². The summed E-state index contributed by atoms with van der Waals surface area (Å²) in [6.45, 7) is 2.26. The second-order valence-electron chi connectivity index (χ2n) is 4.41. The van der Waals surface area contributed by atoms with E-state index in [4.69, 9.17) is 21.1 Å². The minimum absolute atomic E-state index is 0.507. The van der Waals surface area contributed by atoms with Gasteiger partial charge < -0.3 is 4.74 Å². The van der Waals surface area contributed by atoms with Crippen molar-refractivity contribution < 1.29 is 17.3 Å². The standard InChI is InChI=1S/C13H19NO4S2/c1-11(19)17-9-4-3-7-13(18-20(2,15)16)12-6-5-8-14-10-12/h5-6,8,10,13H,3-4,7,9H2,1-2H3/t13-/m1/s1. The number of hydrogen-bond donors (Lipinski definition) is 0. The molecule has 20 heavy (non-hydrogen) atoms. The van der Waals surface area contributed by atoms with Gasteiger partial charge in [0.2, 0.25) is 0 Å². The Morgan fingerprint density at radius 2 is 2.20 bits per heavy atom. The van der Waals surface area contributed by atoms with Crippen molar-refractivity contribution in [1.82, 2.24) is 4.98 Å². The van der Waals surface area contributed by atoms with Crippen molar-refractivity contribution in [2.45, 2.75) is 32.3 Å². The van der Waals surface area contributed by atoms with Crippen LogP contribution in [0.1, 0.15) is 37.9 Å². The van der Waals surface area contributed by atoms with E-state index in [2.05, 4.69) is 4.98 Å². The van der Waals surface area contributed by atoms with Gasteiger partial charge in [-0.05, 0) is 37.5 Å². The van der Waals surface area contributed by atoms with Gasteiger partial charge in [-0.3, -0.25) is 9.17 Å². The first-order chi connectivity index (χ1) is 9.38. The van der Waals surface area contributed by atoms with E-state index < -0.39 is 16.2 Å². The first kappa shape index (κ1) is 17.0. The van der Waals surface area contributed by atoms with Gasteiger partial charge in [0.1, 0.15) is 6.10 Å². The van der Waals surface area contributed by atoms with E-state index in [1.807, 2.05) is 0 Å². The van der Waals surface area contributed by atoms with E-state index >= 15 is 0 Å². The fourth-order valence-electron chi connectivity index (χ4n) is 1.70. The molecule has 0 spiro atoms. The Hall–Kier alpha value is -1.05. The van der Waals surface area contributed by atoms with Gasteiger partial charge in [0.25, 0.3) is 10.1 Å². The smallest absolute Gasteiger partial charge is 0.264 e. The highest BCUT2D eigenvalue weighted by molar-refractivity contribution is 7.86. The highest BCUT2D eigenvalue weighted by Gasteiger charge is 2.17. The predicted molar refractivity (Wildman–Crippen MR) is 81.0 cm³/mol. The minimum Gasteiger partial charge on any atom is -0.487 e. The molecular weight excluding hydrogens is 298 g/mol. The molecule has 0 fully saturated rings. The SMILES string of the molecule is CC(=S)OCCCC[C@@H](OS(C)(=O)=O)c1cccnc1. The van der Waals surface area contributed by atoms with E-state index in [1.54, 1.807) is 31.5 Å². The van der Waals surface area contributed by atoms with E-state index in [0.717, 1.165) is 24.7 Å². The number of pyridine rings is 1. The maximum atomic E-state index is 11.3. The van der Waals surface area contributed by atoms with Crippen LogP contribution in [0.25, 0.3) is 0 Å². The van der Waals surface area contributed by atoms with Crippen LogP contribution in [0.15, 0.2) is 24.5 Å². The fraction of sp³-hybridized carbons (Fsp3) is 0.538. The molecule has 0 unspecified atom stereocenters. The second kappa shape index (κ2) is 8.28. The van der Waals surface area contributed by atoms with Gasteiger partial charge in [-0.2, -0.15) is 8.42 Å². The fourth-order valence-corrected chi connectivity index (χ4v) is 2.41. The molecule has 1 rings (SSSR count). The lowest BCUT2D eigenvalue weighted by Gasteiger charge is -2.16. The van der Waals surface area contributed by atoms with Crippen LogP contribution >= 0.6 is 12.2 Å². The number of nitrogens with zero attached hydrogens (tertiary/aromatic N) is 1. The van der Waals surface area contributed by atoms with E-state index in [9.17, 15) is 8.42 Å².